The summed E-state index contributed by atoms with van der Waals surface area (Å²) in [6.45, 7) is 4.29. The fourth-order valence-electron chi connectivity index (χ4n) is 8.70. The highest BCUT2D eigenvalue weighted by Crippen LogP contribution is 2.44. The second kappa shape index (κ2) is 17.1. The van der Waals surface area contributed by atoms with Crippen molar-refractivity contribution in [2.24, 2.45) is 21.8 Å². The smallest absolute Gasteiger partial charge is 0.306 e. The highest BCUT2D eigenvalue weighted by atomic mass is 32.1. The molecule has 314 valence electrons. The van der Waals surface area contributed by atoms with E-state index in [0.29, 0.717) is 45.4 Å². The van der Waals surface area contributed by atoms with Crippen LogP contribution in [0.1, 0.15) is 62.9 Å². The van der Waals surface area contributed by atoms with E-state index in [9.17, 15) is 19.8 Å². The predicted molar refractivity (Wildman–Crippen MR) is 238 cm³/mol. The van der Waals surface area contributed by atoms with Gasteiger partial charge >= 0.3 is 5.97 Å². The van der Waals surface area contributed by atoms with Gasteiger partial charge in [-0.3, -0.25) is 19.6 Å². The van der Waals surface area contributed by atoms with Crippen LogP contribution in [-0.2, 0) is 48.4 Å². The lowest BCUT2D eigenvalue weighted by Crippen LogP contribution is -2.39. The number of carboxylic acids is 1. The van der Waals surface area contributed by atoms with E-state index in [0.717, 1.165) is 101 Å². The van der Waals surface area contributed by atoms with Crippen molar-refractivity contribution in [3.8, 4) is 11.5 Å². The van der Waals surface area contributed by atoms with Crippen LogP contribution in [0.15, 0.2) is 46.9 Å². The van der Waals surface area contributed by atoms with Gasteiger partial charge in [-0.25, -0.2) is 19.9 Å². The maximum atomic E-state index is 13.0. The molecule has 15 nitrogen and oxygen atoms in total. The number of hydrogen-bond acceptors (Lipinski definition) is 15. The summed E-state index contributed by atoms with van der Waals surface area (Å²) in [5.41, 5.74) is 8.52. The van der Waals surface area contributed by atoms with Gasteiger partial charge in [-0.1, -0.05) is 0 Å². The maximum absolute atomic E-state index is 13.0. The lowest BCUT2D eigenvalue weighted by molar-refractivity contribution is -0.142. The molecule has 6 heterocycles. The molecular weight excluding hydrogens is 815 g/mol. The van der Waals surface area contributed by atoms with Crippen molar-refractivity contribution in [2.75, 3.05) is 44.5 Å². The van der Waals surface area contributed by atoms with Crippen molar-refractivity contribution in [2.45, 2.75) is 58.5 Å². The predicted octanol–water partition coefficient (Wildman–Crippen LogP) is 6.89. The van der Waals surface area contributed by atoms with E-state index in [1.54, 1.807) is 54.4 Å². The second-order valence-corrected chi connectivity index (χ2v) is 17.5. The van der Waals surface area contributed by atoms with E-state index < -0.39 is 5.97 Å². The number of aryl methyl sites for hydroxylation is 2. The summed E-state index contributed by atoms with van der Waals surface area (Å²) in [6, 6.07) is 8.10. The summed E-state index contributed by atoms with van der Waals surface area (Å²) < 4.78 is 11.2. The first-order valence-electron chi connectivity index (χ1n) is 20.3. The number of fused-ring (bicyclic) bond motifs is 8. The number of hydrogen-bond donors (Lipinski definition) is 4. The van der Waals surface area contributed by atoms with E-state index in [4.69, 9.17) is 9.47 Å². The molecule has 2 aromatic carbocycles. The molecule has 6 aromatic rings. The van der Waals surface area contributed by atoms with Gasteiger partial charge in [0.25, 0.3) is 0 Å². The molecule has 1 amide bonds. The lowest BCUT2D eigenvalue weighted by Gasteiger charge is -2.28. The van der Waals surface area contributed by atoms with Crippen molar-refractivity contribution in [3.05, 3.63) is 80.1 Å². The van der Waals surface area contributed by atoms with Gasteiger partial charge in [-0.15, -0.1) is 22.7 Å². The molecule has 4 aliphatic rings. The summed E-state index contributed by atoms with van der Waals surface area (Å²) in [6.07, 6.45) is 11.1. The lowest BCUT2D eigenvalue weighted by atomic mass is 9.87. The fraction of sp³-hybridized carbons (Fsp3) is 0.364. The Labute approximate surface area is 359 Å². The number of anilines is 4. The van der Waals surface area contributed by atoms with Gasteiger partial charge in [0.2, 0.25) is 5.91 Å². The van der Waals surface area contributed by atoms with Crippen LogP contribution in [-0.4, -0.2) is 93.3 Å². The number of aliphatic hydroxyl groups excluding tert-OH is 1. The number of ether oxygens (including phenoxy) is 2. The third-order valence-corrected chi connectivity index (χ3v) is 14.2. The van der Waals surface area contributed by atoms with Gasteiger partial charge in [0.05, 0.1) is 62.0 Å². The highest BCUT2D eigenvalue weighted by Gasteiger charge is 2.32. The second-order valence-electron chi connectivity index (χ2n) is 15.4. The van der Waals surface area contributed by atoms with Gasteiger partial charge in [-0.2, -0.15) is 0 Å². The number of aromatic nitrogens is 4. The number of likely N-dealkylation sites (N-methyl/N-ethyl adjacent to an activating group) is 1. The number of methoxy groups -OCH3 is 2. The Morgan fingerprint density at radius 3 is 1.75 bits per heavy atom. The molecule has 0 unspecified atom stereocenters. The molecule has 17 heteroatoms. The Kier molecular flexibility index (Phi) is 11.3. The zero-order valence-corrected chi connectivity index (χ0v) is 35.7. The molecule has 2 atom stereocenters. The van der Waals surface area contributed by atoms with Crippen molar-refractivity contribution in [1.82, 2.24) is 24.8 Å². The van der Waals surface area contributed by atoms with Crippen LogP contribution in [0.2, 0.25) is 0 Å². The third kappa shape index (κ3) is 7.77. The number of carbonyl (C=O) groups is 2. The number of aliphatic imine (C=N–C) groups is 2. The Morgan fingerprint density at radius 1 is 0.770 bits per heavy atom. The van der Waals surface area contributed by atoms with Crippen LogP contribution >= 0.6 is 22.7 Å². The van der Waals surface area contributed by atoms with Crippen molar-refractivity contribution in [3.63, 3.8) is 0 Å². The number of aliphatic hydroxyl groups is 1. The highest BCUT2D eigenvalue weighted by molar-refractivity contribution is 7.19. The third-order valence-electron chi connectivity index (χ3n) is 11.9. The van der Waals surface area contributed by atoms with E-state index >= 15 is 0 Å². The molecule has 0 saturated heterocycles. The number of nitrogens with zero attached hydrogens (tertiary/aromatic N) is 7. The molecule has 10 rings (SSSR count). The van der Waals surface area contributed by atoms with Crippen molar-refractivity contribution in [1.29, 1.82) is 0 Å². The molecule has 4 N–H and O–H groups in total. The molecule has 0 fully saturated rings. The molecular formula is C44H45N9O6S2. The van der Waals surface area contributed by atoms with Crippen molar-refractivity contribution >= 4 is 90.4 Å². The quantitative estimate of drug-likeness (QED) is 0.106. The zero-order chi connectivity index (χ0) is 42.2. The molecule has 0 saturated carbocycles. The van der Waals surface area contributed by atoms with Crippen molar-refractivity contribution < 1.29 is 29.3 Å². The van der Waals surface area contributed by atoms with Gasteiger partial charge in [0, 0.05) is 41.2 Å². The summed E-state index contributed by atoms with van der Waals surface area (Å²) in [5, 5.41) is 27.6. The summed E-state index contributed by atoms with van der Waals surface area (Å²) in [4.78, 5) is 56.9. The number of benzene rings is 2. The minimum Gasteiger partial charge on any atom is -0.495 e. The SMILES string of the molecule is CCN(CCO)C(=O)[C@@H]1CCc2c(sc3ncnc(Nc4cc5c(cc4OC)CN=C5)c23)C1.COc1cc2c(cc1Nc1ncnc3sc4c(c13)CC[C@@H](C(=O)O)C4)C=NC2. The first kappa shape index (κ1) is 40.4. The normalized spacial score (nSPS) is 16.9. The Hall–Kier alpha value is -6.04. The van der Waals surface area contributed by atoms with Crippen LogP contribution in [0, 0.1) is 11.8 Å². The van der Waals surface area contributed by atoms with Gasteiger partial charge < -0.3 is 35.2 Å². The Balaban J connectivity index is 0.000000158. The molecule has 0 spiro atoms. The zero-order valence-electron chi connectivity index (χ0n) is 34.0. The Morgan fingerprint density at radius 2 is 1.28 bits per heavy atom. The van der Waals surface area contributed by atoms with E-state index in [2.05, 4.69) is 40.6 Å². The van der Waals surface area contributed by atoms with Crippen LogP contribution in [0.4, 0.5) is 23.0 Å². The molecule has 0 radical (unpaired) electrons. The number of amides is 1. The minimum atomic E-state index is -0.725. The molecule has 4 aromatic heterocycles. The first-order valence-corrected chi connectivity index (χ1v) is 22.0. The average molecular weight is 860 g/mol. The number of aliphatic carboxylic acids is 1. The van der Waals surface area contributed by atoms with Gasteiger partial charge in [-0.05, 0) is 103 Å². The molecule has 61 heavy (non-hydrogen) atoms. The van der Waals surface area contributed by atoms with Crippen LogP contribution in [0.3, 0.4) is 0 Å². The summed E-state index contributed by atoms with van der Waals surface area (Å²) >= 11 is 3.21. The van der Waals surface area contributed by atoms with Gasteiger partial charge in [0.15, 0.2) is 0 Å². The van der Waals surface area contributed by atoms with Gasteiger partial charge in [0.1, 0.15) is 45.5 Å². The number of carboxylic acid groups (broad SMARTS) is 1. The number of nitrogens with one attached hydrogen (secondary N) is 2. The summed E-state index contributed by atoms with van der Waals surface area (Å²) in [5.74, 6) is 2.00. The molecule has 0 bridgehead atoms. The number of thiophene rings is 2. The Bertz CT molecular complexity index is 2750. The number of rotatable bonds is 11. The number of carbonyl (C=O) groups excluding carboxylic acids is 1. The van der Waals surface area contributed by atoms with E-state index in [1.807, 2.05) is 43.6 Å². The first-order chi connectivity index (χ1) is 29.8. The maximum Gasteiger partial charge on any atom is 0.306 e. The van der Waals surface area contributed by atoms with E-state index in [1.165, 1.54) is 16.0 Å². The topological polar surface area (TPSA) is 197 Å². The summed E-state index contributed by atoms with van der Waals surface area (Å²) in [7, 11) is 3.31. The minimum absolute atomic E-state index is 0.0108. The van der Waals surface area contributed by atoms with Crippen LogP contribution in [0.5, 0.6) is 11.5 Å². The molecule has 2 aliphatic heterocycles. The van der Waals surface area contributed by atoms with Crippen LogP contribution < -0.4 is 20.1 Å². The van der Waals surface area contributed by atoms with E-state index in [-0.39, 0.29) is 24.3 Å². The van der Waals surface area contributed by atoms with Crippen LogP contribution in [0.25, 0.3) is 20.4 Å². The average Bonchev–Trinajstić information content (AvgIpc) is 4.09. The monoisotopic (exact) mass is 859 g/mol. The molecule has 2 aliphatic carbocycles. The standard InChI is InChI=1S/C24H27N5O3S.C20H18N4O3S/c1-3-29(6-7-30)24(31)14-4-5-17-20(10-14)33-23-21(17)22(26-13-27-23)28-18-8-15-11-25-12-16(15)9-19(18)32-2;1-27-15-5-12-8-21-7-11(12)4-14(15)24-18-17-13-3-2-10(20(25)26)6-16(13)28-19(17)23-9-22-18/h8-9,11,13-14,30H,3-7,10,12H2,1-2H3,(H,26,27,28);4-5,7,9-10H,2-3,6,8H2,1H3,(H,25,26)(H,22,23,24)/t14-;10-/m11/s1. The largest absolute Gasteiger partial charge is 0.495 e. The fourth-order valence-corrected chi connectivity index (χ4v) is 11.2.